The van der Waals surface area contributed by atoms with Crippen LogP contribution in [0, 0.1) is 0 Å². The number of rotatable bonds is 28. The Kier molecular flexibility index (Phi) is 24.8. The Hall–Kier alpha value is -0.630. The Morgan fingerprint density at radius 1 is 0.553 bits per heavy atom. The fourth-order valence-electron chi connectivity index (χ4n) is 5.23. The molecule has 0 heterocycles. The molecule has 0 N–H and O–H groups in total. The van der Waals surface area contributed by atoms with Crippen LogP contribution in [0.15, 0.2) is 18.2 Å². The molecule has 0 radical (unpaired) electrons. The van der Waals surface area contributed by atoms with Gasteiger partial charge < -0.3 is 13.9 Å². The van der Waals surface area contributed by atoms with Crippen molar-refractivity contribution in [3.63, 3.8) is 0 Å². The van der Waals surface area contributed by atoms with Crippen LogP contribution in [0.25, 0.3) is 0 Å². The van der Waals surface area contributed by atoms with E-state index in [-0.39, 0.29) is 0 Å². The Bertz CT molecular complexity index is 636. The SMILES string of the molecule is CCCCCCCCCCOP([O-])Oc1cccc(CCCCCCCCC)c1CCCCCCCCC. The lowest BCUT2D eigenvalue weighted by Crippen LogP contribution is -2.08. The molecule has 0 spiro atoms. The van der Waals surface area contributed by atoms with Gasteiger partial charge in [0.2, 0.25) is 0 Å². The van der Waals surface area contributed by atoms with Crippen LogP contribution in [0.5, 0.6) is 5.75 Å². The summed E-state index contributed by atoms with van der Waals surface area (Å²) in [5.41, 5.74) is 2.65. The molecule has 1 aromatic carbocycles. The summed E-state index contributed by atoms with van der Waals surface area (Å²) in [5.74, 6) is 0.786. The van der Waals surface area contributed by atoms with Crippen molar-refractivity contribution in [2.24, 2.45) is 0 Å². The van der Waals surface area contributed by atoms with Gasteiger partial charge in [-0.2, -0.15) is 0 Å². The summed E-state index contributed by atoms with van der Waals surface area (Å²) in [5, 5.41) is 0. The third-order valence-corrected chi connectivity index (χ3v) is 8.42. The van der Waals surface area contributed by atoms with E-state index in [1.807, 2.05) is 6.07 Å². The predicted molar refractivity (Wildman–Crippen MR) is 166 cm³/mol. The van der Waals surface area contributed by atoms with E-state index < -0.39 is 8.60 Å². The van der Waals surface area contributed by atoms with Crippen LogP contribution in [0.2, 0.25) is 0 Å². The number of benzene rings is 1. The van der Waals surface area contributed by atoms with Gasteiger partial charge in [0.25, 0.3) is 0 Å². The number of aryl methyl sites for hydroxylation is 1. The number of hydrogen-bond acceptors (Lipinski definition) is 3. The Labute approximate surface area is 238 Å². The normalized spacial score (nSPS) is 12.2. The highest BCUT2D eigenvalue weighted by atomic mass is 31.2. The highest BCUT2D eigenvalue weighted by molar-refractivity contribution is 7.39. The molecule has 1 rings (SSSR count). The number of unbranched alkanes of at least 4 members (excludes halogenated alkanes) is 19. The predicted octanol–water partition coefficient (Wildman–Crippen LogP) is 11.4. The van der Waals surface area contributed by atoms with Crippen molar-refractivity contribution >= 4 is 8.60 Å². The van der Waals surface area contributed by atoms with E-state index in [0.717, 1.165) is 31.4 Å². The topological polar surface area (TPSA) is 41.5 Å². The van der Waals surface area contributed by atoms with E-state index in [4.69, 9.17) is 9.05 Å². The van der Waals surface area contributed by atoms with Crippen molar-refractivity contribution in [1.29, 1.82) is 0 Å². The van der Waals surface area contributed by atoms with Crippen molar-refractivity contribution < 1.29 is 13.9 Å². The third kappa shape index (κ3) is 19.4. The van der Waals surface area contributed by atoms with Crippen LogP contribution in [0.4, 0.5) is 0 Å². The molecule has 4 heteroatoms. The average molecular weight is 550 g/mol. The summed E-state index contributed by atoms with van der Waals surface area (Å²) < 4.78 is 11.5. The molecule has 0 bridgehead atoms. The van der Waals surface area contributed by atoms with Gasteiger partial charge in [-0.15, -0.1) is 0 Å². The van der Waals surface area contributed by atoms with Crippen LogP contribution in [-0.4, -0.2) is 6.61 Å². The first-order chi connectivity index (χ1) is 18.7. The molecule has 38 heavy (non-hydrogen) atoms. The minimum atomic E-state index is -2.12. The van der Waals surface area contributed by atoms with E-state index in [0.29, 0.717) is 6.61 Å². The van der Waals surface area contributed by atoms with E-state index in [1.165, 1.54) is 140 Å². The molecule has 1 aromatic rings. The zero-order chi connectivity index (χ0) is 27.5. The minimum Gasteiger partial charge on any atom is -0.776 e. The first-order valence-corrected chi connectivity index (χ1v) is 17.7. The maximum Gasteiger partial charge on any atom is 0.147 e. The second kappa shape index (κ2) is 26.6. The van der Waals surface area contributed by atoms with E-state index in [9.17, 15) is 4.89 Å². The van der Waals surface area contributed by atoms with Gasteiger partial charge in [0.1, 0.15) is 14.4 Å². The smallest absolute Gasteiger partial charge is 0.147 e. The molecule has 0 aromatic heterocycles. The second-order valence-electron chi connectivity index (χ2n) is 11.3. The van der Waals surface area contributed by atoms with E-state index >= 15 is 0 Å². The van der Waals surface area contributed by atoms with Crippen LogP contribution < -0.4 is 9.42 Å². The van der Waals surface area contributed by atoms with Gasteiger partial charge >= 0.3 is 0 Å². The molecule has 3 nitrogen and oxygen atoms in total. The van der Waals surface area contributed by atoms with E-state index in [2.05, 4.69) is 32.9 Å². The van der Waals surface area contributed by atoms with Gasteiger partial charge in [-0.05, 0) is 49.3 Å². The van der Waals surface area contributed by atoms with Crippen molar-refractivity contribution in [2.75, 3.05) is 6.61 Å². The zero-order valence-electron chi connectivity index (χ0n) is 25.6. The summed E-state index contributed by atoms with van der Waals surface area (Å²) in [6.07, 6.45) is 30.4. The molecule has 1 unspecified atom stereocenters. The lowest BCUT2D eigenvalue weighted by atomic mass is 9.95. The van der Waals surface area contributed by atoms with Crippen LogP contribution in [0.3, 0.4) is 0 Å². The monoisotopic (exact) mass is 549 g/mol. The molecule has 0 aliphatic heterocycles. The highest BCUT2D eigenvalue weighted by Crippen LogP contribution is 2.36. The minimum absolute atomic E-state index is 0.523. The molecule has 0 saturated heterocycles. The maximum absolute atomic E-state index is 12.6. The van der Waals surface area contributed by atoms with Gasteiger partial charge in [0.15, 0.2) is 0 Å². The summed E-state index contributed by atoms with van der Waals surface area (Å²) in [6, 6.07) is 6.33. The summed E-state index contributed by atoms with van der Waals surface area (Å²) >= 11 is 0. The largest absolute Gasteiger partial charge is 0.776 e. The number of hydrogen-bond donors (Lipinski definition) is 0. The standard InChI is InChI=1S/C34H62O3P/c1-4-7-10-13-16-19-22-25-31-36-38(35)37-34-30-26-28-32(27-23-20-17-14-11-8-5-2)33(34)29-24-21-18-15-12-9-6-3/h26,28,30H,4-25,27,29,31H2,1-3H3/q-1. The quantitative estimate of drug-likeness (QED) is 0.0771. The average Bonchev–Trinajstić information content (AvgIpc) is 2.92. The van der Waals surface area contributed by atoms with Gasteiger partial charge in [0, 0.05) is 0 Å². The fraction of sp³-hybridized carbons (Fsp3) is 0.824. The molecular weight excluding hydrogens is 487 g/mol. The van der Waals surface area contributed by atoms with Crippen LogP contribution >= 0.6 is 8.60 Å². The van der Waals surface area contributed by atoms with Crippen molar-refractivity contribution in [1.82, 2.24) is 0 Å². The zero-order valence-corrected chi connectivity index (χ0v) is 26.5. The first kappa shape index (κ1) is 35.4. The molecule has 0 aliphatic rings. The Morgan fingerprint density at radius 2 is 1.00 bits per heavy atom. The van der Waals surface area contributed by atoms with Crippen molar-refractivity contribution in [3.8, 4) is 5.75 Å². The lowest BCUT2D eigenvalue weighted by Gasteiger charge is -2.25. The second-order valence-corrected chi connectivity index (χ2v) is 12.1. The van der Waals surface area contributed by atoms with Crippen molar-refractivity contribution in [3.05, 3.63) is 29.3 Å². The van der Waals surface area contributed by atoms with E-state index in [1.54, 1.807) is 0 Å². The first-order valence-electron chi connectivity index (χ1n) is 16.6. The van der Waals surface area contributed by atoms with Gasteiger partial charge in [-0.1, -0.05) is 155 Å². The molecule has 222 valence electrons. The molecule has 0 fully saturated rings. The molecule has 0 amide bonds. The van der Waals surface area contributed by atoms with Crippen LogP contribution in [0.1, 0.15) is 173 Å². The van der Waals surface area contributed by atoms with Gasteiger partial charge in [-0.25, -0.2) is 0 Å². The summed E-state index contributed by atoms with van der Waals surface area (Å²) in [7, 11) is -2.12. The Balaban J connectivity index is 2.51. The third-order valence-electron chi connectivity index (χ3n) is 7.68. The molecular formula is C34H62O3P-. The van der Waals surface area contributed by atoms with Crippen molar-refractivity contribution in [2.45, 2.75) is 175 Å². The van der Waals surface area contributed by atoms with Crippen LogP contribution in [-0.2, 0) is 17.4 Å². The maximum atomic E-state index is 12.6. The van der Waals surface area contributed by atoms with Gasteiger partial charge in [-0.3, -0.25) is 0 Å². The molecule has 0 saturated carbocycles. The van der Waals surface area contributed by atoms with Gasteiger partial charge in [0.05, 0.1) is 6.61 Å². The summed E-state index contributed by atoms with van der Waals surface area (Å²) in [6.45, 7) is 7.33. The Morgan fingerprint density at radius 3 is 1.53 bits per heavy atom. The highest BCUT2D eigenvalue weighted by Gasteiger charge is 2.12. The fourth-order valence-corrected chi connectivity index (χ4v) is 5.89. The molecule has 0 aliphatic carbocycles. The molecule has 1 atom stereocenters. The lowest BCUT2D eigenvalue weighted by molar-refractivity contribution is -0.196. The summed E-state index contributed by atoms with van der Waals surface area (Å²) in [4.78, 5) is 12.6.